The van der Waals surface area contributed by atoms with Gasteiger partial charge in [0, 0.05) is 6.42 Å². The third-order valence-corrected chi connectivity index (χ3v) is 13.2. The average molecular weight is 988 g/mol. The van der Waals surface area contributed by atoms with E-state index in [1.54, 1.807) is 6.08 Å². The first-order valence-electron chi connectivity index (χ1n) is 28.6. The Morgan fingerprint density at radius 2 is 1.04 bits per heavy atom. The lowest BCUT2D eigenvalue weighted by molar-refractivity contribution is -0.305. The number of hydrogen-bond donors (Lipinski definition) is 6. The minimum absolute atomic E-state index is 0.107. The number of carbonyl (C=O) groups excluding carboxylic acids is 2. The van der Waals surface area contributed by atoms with E-state index in [1.165, 1.54) is 103 Å². The molecule has 1 aliphatic heterocycles. The third kappa shape index (κ3) is 35.5. The summed E-state index contributed by atoms with van der Waals surface area (Å²) in [5, 5.41) is 56.8. The van der Waals surface area contributed by atoms with E-state index in [0.717, 1.165) is 89.9 Å². The van der Waals surface area contributed by atoms with Gasteiger partial charge in [0.15, 0.2) is 12.4 Å². The summed E-state index contributed by atoms with van der Waals surface area (Å²) < 4.78 is 17.5. The normalized spacial score (nSPS) is 20.1. The first-order chi connectivity index (χ1) is 34.2. The molecule has 1 rings (SSSR count). The standard InChI is InChI=1S/C59H105NO10/c1-4-7-10-13-16-19-22-25-26-29-32-35-38-41-44-47-54(64)70-57-56(66)55(65)53(48-61)69-59(57)68-49-50(51(62)45-42-39-36-33-30-27-23-20-17-14-11-8-5-2)60-58(67)52(63)46-43-40-37-34-31-28-24-21-18-15-12-9-6-3/h7,10,13,16,19,22,31,34,42,45,50-53,55-57,59,61-63,65-66H,4-6,8-9,11-12,14-15,17-18,20-21,23-30,32-33,35-41,43-44,46-49H2,1-3H3,(H,60,67)/b10-7+,16-13+,22-19+,34-31-,45-42+. The van der Waals surface area contributed by atoms with Gasteiger partial charge in [0.25, 0.3) is 0 Å². The highest BCUT2D eigenvalue weighted by Crippen LogP contribution is 2.26. The summed E-state index contributed by atoms with van der Waals surface area (Å²) in [6, 6.07) is -1.03. The molecule has 6 N–H and O–H groups in total. The molecule has 8 unspecified atom stereocenters. The van der Waals surface area contributed by atoms with Crippen molar-refractivity contribution in [2.75, 3.05) is 13.2 Å². The fourth-order valence-electron chi connectivity index (χ4n) is 8.64. The van der Waals surface area contributed by atoms with Gasteiger partial charge in [-0.15, -0.1) is 0 Å². The van der Waals surface area contributed by atoms with Crippen LogP contribution in [-0.4, -0.2) is 99.6 Å². The number of amides is 1. The summed E-state index contributed by atoms with van der Waals surface area (Å²) in [6.07, 6.45) is 46.9. The van der Waals surface area contributed by atoms with E-state index < -0.39 is 67.4 Å². The van der Waals surface area contributed by atoms with E-state index in [4.69, 9.17) is 14.2 Å². The summed E-state index contributed by atoms with van der Waals surface area (Å²) in [5.74, 6) is -1.22. The molecule has 1 aliphatic rings. The number of carbonyl (C=O) groups is 2. The maximum absolute atomic E-state index is 13.4. The number of ether oxygens (including phenoxy) is 3. The van der Waals surface area contributed by atoms with Crippen molar-refractivity contribution in [3.8, 4) is 0 Å². The predicted octanol–water partition coefficient (Wildman–Crippen LogP) is 12.7. The fourth-order valence-corrected chi connectivity index (χ4v) is 8.64. The summed E-state index contributed by atoms with van der Waals surface area (Å²) in [5.41, 5.74) is 0. The lowest BCUT2D eigenvalue weighted by Crippen LogP contribution is -2.61. The van der Waals surface area contributed by atoms with E-state index >= 15 is 0 Å². The molecule has 11 nitrogen and oxygen atoms in total. The average Bonchev–Trinajstić information content (AvgIpc) is 3.36. The lowest BCUT2D eigenvalue weighted by atomic mass is 9.99. The van der Waals surface area contributed by atoms with Crippen molar-refractivity contribution in [2.24, 2.45) is 0 Å². The molecule has 1 saturated heterocycles. The van der Waals surface area contributed by atoms with E-state index in [9.17, 15) is 35.1 Å². The molecule has 70 heavy (non-hydrogen) atoms. The second kappa shape index (κ2) is 47.4. The summed E-state index contributed by atoms with van der Waals surface area (Å²) in [4.78, 5) is 26.4. The lowest BCUT2D eigenvalue weighted by Gasteiger charge is -2.41. The highest BCUT2D eigenvalue weighted by atomic mass is 16.7. The van der Waals surface area contributed by atoms with E-state index in [2.05, 4.69) is 68.6 Å². The van der Waals surface area contributed by atoms with Crippen molar-refractivity contribution in [3.05, 3.63) is 60.8 Å². The quantitative estimate of drug-likeness (QED) is 0.0149. The van der Waals surface area contributed by atoms with Gasteiger partial charge in [-0.1, -0.05) is 223 Å². The first kappa shape index (κ1) is 65.4. The summed E-state index contributed by atoms with van der Waals surface area (Å²) in [7, 11) is 0. The molecule has 0 bridgehead atoms. The van der Waals surface area contributed by atoms with Gasteiger partial charge >= 0.3 is 5.97 Å². The molecule has 0 aromatic carbocycles. The maximum atomic E-state index is 13.4. The van der Waals surface area contributed by atoms with Gasteiger partial charge in [-0.2, -0.15) is 0 Å². The van der Waals surface area contributed by atoms with Crippen molar-refractivity contribution < 1.29 is 49.3 Å². The molecule has 8 atom stereocenters. The molecule has 1 fully saturated rings. The largest absolute Gasteiger partial charge is 0.454 e. The Bertz CT molecular complexity index is 1370. The van der Waals surface area contributed by atoms with Gasteiger partial charge in [0.05, 0.1) is 25.4 Å². The molecule has 406 valence electrons. The van der Waals surface area contributed by atoms with Crippen LogP contribution in [0, 0.1) is 0 Å². The Hall–Kier alpha value is -2.64. The van der Waals surface area contributed by atoms with Crippen molar-refractivity contribution in [1.82, 2.24) is 5.32 Å². The zero-order valence-corrected chi connectivity index (χ0v) is 44.6. The van der Waals surface area contributed by atoms with Crippen LogP contribution in [0.15, 0.2) is 60.8 Å². The second-order valence-corrected chi connectivity index (χ2v) is 19.7. The van der Waals surface area contributed by atoms with Crippen molar-refractivity contribution in [3.63, 3.8) is 0 Å². The predicted molar refractivity (Wildman–Crippen MR) is 287 cm³/mol. The topological polar surface area (TPSA) is 175 Å². The van der Waals surface area contributed by atoms with Crippen LogP contribution in [0.3, 0.4) is 0 Å². The van der Waals surface area contributed by atoms with Gasteiger partial charge in [-0.25, -0.2) is 0 Å². The van der Waals surface area contributed by atoms with E-state index in [0.29, 0.717) is 12.8 Å². The number of nitrogens with one attached hydrogen (secondary N) is 1. The molecule has 0 spiro atoms. The van der Waals surface area contributed by atoms with E-state index in [1.807, 2.05) is 12.2 Å². The Labute approximate surface area is 427 Å². The molecule has 0 aromatic rings. The van der Waals surface area contributed by atoms with Gasteiger partial charge in [-0.05, 0) is 70.6 Å². The van der Waals surface area contributed by atoms with Gasteiger partial charge < -0.3 is 45.1 Å². The van der Waals surface area contributed by atoms with Crippen LogP contribution >= 0.6 is 0 Å². The van der Waals surface area contributed by atoms with Crippen LogP contribution in [0.4, 0.5) is 0 Å². The highest BCUT2D eigenvalue weighted by Gasteiger charge is 2.47. The van der Waals surface area contributed by atoms with Crippen LogP contribution in [-0.2, 0) is 23.8 Å². The third-order valence-electron chi connectivity index (χ3n) is 13.2. The number of rotatable bonds is 47. The molecule has 0 radical (unpaired) electrons. The van der Waals surface area contributed by atoms with Gasteiger partial charge in [0.2, 0.25) is 5.91 Å². The zero-order valence-electron chi connectivity index (χ0n) is 44.6. The van der Waals surface area contributed by atoms with Crippen LogP contribution in [0.25, 0.3) is 0 Å². The monoisotopic (exact) mass is 988 g/mol. The number of allylic oxidation sites excluding steroid dienone is 9. The van der Waals surface area contributed by atoms with Crippen molar-refractivity contribution in [1.29, 1.82) is 0 Å². The maximum Gasteiger partial charge on any atom is 0.306 e. The Morgan fingerprint density at radius 3 is 1.57 bits per heavy atom. The number of aliphatic hydroxyl groups excluding tert-OH is 5. The molecule has 0 aliphatic carbocycles. The zero-order chi connectivity index (χ0) is 51.1. The SMILES string of the molecule is CC/C=C/C=C/C=C/CCCCCCCCCC(=O)OC1C(OCC(NC(=O)C(O)CCCC/C=C\CCCCCCCCC)C(O)/C=C/CCCCCCCCCCCCC)OC(CO)C(O)C1O. The number of hydrogen-bond acceptors (Lipinski definition) is 10. The number of unbranched alkanes of at least 4 members (excludes halogenated alkanes) is 27. The second-order valence-electron chi connectivity index (χ2n) is 19.7. The Kier molecular flexibility index (Phi) is 44.2. The molecular formula is C59H105NO10. The molecule has 0 saturated carbocycles. The Morgan fingerprint density at radius 1 is 0.571 bits per heavy atom. The summed E-state index contributed by atoms with van der Waals surface area (Å²) >= 11 is 0. The minimum Gasteiger partial charge on any atom is -0.454 e. The molecular weight excluding hydrogens is 883 g/mol. The smallest absolute Gasteiger partial charge is 0.306 e. The van der Waals surface area contributed by atoms with Crippen LogP contribution in [0.2, 0.25) is 0 Å². The van der Waals surface area contributed by atoms with Crippen molar-refractivity contribution >= 4 is 11.9 Å². The van der Waals surface area contributed by atoms with Crippen LogP contribution in [0.1, 0.15) is 239 Å². The molecule has 1 heterocycles. The summed E-state index contributed by atoms with van der Waals surface area (Å²) in [6.45, 7) is 5.62. The fraction of sp³-hybridized carbons (Fsp3) is 0.797. The van der Waals surface area contributed by atoms with Crippen LogP contribution < -0.4 is 5.32 Å². The number of aliphatic hydroxyl groups is 5. The molecule has 11 heteroatoms. The Balaban J connectivity index is 2.76. The van der Waals surface area contributed by atoms with Crippen LogP contribution in [0.5, 0.6) is 0 Å². The molecule has 0 aromatic heterocycles. The van der Waals surface area contributed by atoms with Crippen molar-refractivity contribution in [2.45, 2.75) is 288 Å². The highest BCUT2D eigenvalue weighted by molar-refractivity contribution is 5.80. The number of esters is 1. The first-order valence-corrected chi connectivity index (χ1v) is 28.6. The van der Waals surface area contributed by atoms with Gasteiger partial charge in [-0.3, -0.25) is 9.59 Å². The van der Waals surface area contributed by atoms with E-state index in [-0.39, 0.29) is 19.4 Å². The minimum atomic E-state index is -1.62. The molecule has 1 amide bonds. The van der Waals surface area contributed by atoms with Gasteiger partial charge in [0.1, 0.15) is 24.4 Å².